The van der Waals surface area contributed by atoms with E-state index in [0.29, 0.717) is 0 Å². The Labute approximate surface area is 114 Å². The molecule has 4 heteroatoms. The highest BCUT2D eigenvalue weighted by atomic mass is 16.3. The third kappa shape index (κ3) is 2.65. The van der Waals surface area contributed by atoms with Crippen LogP contribution in [-0.2, 0) is 4.79 Å². The van der Waals surface area contributed by atoms with Crippen LogP contribution in [-0.4, -0.2) is 42.2 Å². The summed E-state index contributed by atoms with van der Waals surface area (Å²) >= 11 is 0. The number of carbonyl (C=O) groups is 1. The molecule has 0 saturated heterocycles. The molecule has 1 aromatic carbocycles. The van der Waals surface area contributed by atoms with Gasteiger partial charge in [0.05, 0.1) is 18.2 Å². The van der Waals surface area contributed by atoms with Crippen molar-refractivity contribution in [2.45, 2.75) is 30.8 Å². The van der Waals surface area contributed by atoms with Crippen molar-refractivity contribution in [1.29, 1.82) is 0 Å². The fraction of sp³-hybridized carbons (Fsp3) is 0.533. The largest absolute Gasteiger partial charge is 0.394 e. The molecule has 4 nitrogen and oxygen atoms in total. The van der Waals surface area contributed by atoms with E-state index in [0.717, 1.165) is 24.8 Å². The fourth-order valence-corrected chi connectivity index (χ4v) is 2.60. The molecule has 0 radical (unpaired) electrons. The number of amides is 1. The van der Waals surface area contributed by atoms with Gasteiger partial charge in [-0.05, 0) is 38.9 Å². The second-order valence-corrected chi connectivity index (χ2v) is 5.40. The number of aliphatic hydroxyl groups excluding tert-OH is 1. The van der Waals surface area contributed by atoms with E-state index in [2.05, 4.69) is 5.32 Å². The Hall–Kier alpha value is -1.39. The average Bonchev–Trinajstić information content (AvgIpc) is 2.35. The highest BCUT2D eigenvalue weighted by molar-refractivity contribution is 5.87. The minimum Gasteiger partial charge on any atom is -0.394 e. The average molecular weight is 262 g/mol. The Bertz CT molecular complexity index is 427. The SMILES string of the molecule is CN(C)C1(C(=O)N[C@H](CO)c2ccccc2)CCC1. The zero-order valence-corrected chi connectivity index (χ0v) is 11.6. The number of nitrogens with one attached hydrogen (secondary N) is 1. The predicted octanol–water partition coefficient (Wildman–Crippen LogP) is 1.32. The summed E-state index contributed by atoms with van der Waals surface area (Å²) in [7, 11) is 3.88. The van der Waals surface area contributed by atoms with Gasteiger partial charge in [-0.2, -0.15) is 0 Å². The van der Waals surface area contributed by atoms with Gasteiger partial charge in [0, 0.05) is 0 Å². The van der Waals surface area contributed by atoms with Gasteiger partial charge in [0.25, 0.3) is 0 Å². The molecule has 19 heavy (non-hydrogen) atoms. The van der Waals surface area contributed by atoms with Gasteiger partial charge in [-0.3, -0.25) is 9.69 Å². The molecule has 1 aliphatic rings. The quantitative estimate of drug-likeness (QED) is 0.841. The molecule has 1 aromatic rings. The van der Waals surface area contributed by atoms with Crippen molar-refractivity contribution in [1.82, 2.24) is 10.2 Å². The summed E-state index contributed by atoms with van der Waals surface area (Å²) in [4.78, 5) is 14.5. The summed E-state index contributed by atoms with van der Waals surface area (Å²) in [6.45, 7) is -0.0841. The van der Waals surface area contributed by atoms with E-state index in [9.17, 15) is 9.90 Å². The maximum absolute atomic E-state index is 12.5. The first-order chi connectivity index (χ1) is 9.10. The first-order valence-corrected chi connectivity index (χ1v) is 6.74. The van der Waals surface area contributed by atoms with Crippen LogP contribution in [0.3, 0.4) is 0 Å². The molecule has 0 aliphatic heterocycles. The van der Waals surface area contributed by atoms with Crippen LogP contribution in [0.25, 0.3) is 0 Å². The van der Waals surface area contributed by atoms with Gasteiger partial charge in [-0.1, -0.05) is 30.3 Å². The highest BCUT2D eigenvalue weighted by Gasteiger charge is 2.46. The van der Waals surface area contributed by atoms with Crippen molar-refractivity contribution in [3.8, 4) is 0 Å². The topological polar surface area (TPSA) is 52.6 Å². The number of hydrogen-bond donors (Lipinski definition) is 2. The van der Waals surface area contributed by atoms with Crippen LogP contribution < -0.4 is 5.32 Å². The molecule has 0 aromatic heterocycles. The van der Waals surface area contributed by atoms with Gasteiger partial charge in [0.1, 0.15) is 0 Å². The van der Waals surface area contributed by atoms with E-state index in [-0.39, 0.29) is 24.1 Å². The molecule has 2 N–H and O–H groups in total. The van der Waals surface area contributed by atoms with Crippen molar-refractivity contribution in [2.24, 2.45) is 0 Å². The van der Waals surface area contributed by atoms with E-state index in [4.69, 9.17) is 0 Å². The fourth-order valence-electron chi connectivity index (χ4n) is 2.60. The van der Waals surface area contributed by atoms with Gasteiger partial charge in [-0.15, -0.1) is 0 Å². The first-order valence-electron chi connectivity index (χ1n) is 6.74. The van der Waals surface area contributed by atoms with Crippen molar-refractivity contribution in [3.63, 3.8) is 0 Å². The molecule has 0 unspecified atom stereocenters. The van der Waals surface area contributed by atoms with E-state index in [1.165, 1.54) is 0 Å². The zero-order chi connectivity index (χ0) is 13.9. The Morgan fingerprint density at radius 2 is 2.00 bits per heavy atom. The third-order valence-corrected chi connectivity index (χ3v) is 4.15. The molecule has 1 atom stereocenters. The lowest BCUT2D eigenvalue weighted by molar-refractivity contribution is -0.138. The van der Waals surface area contributed by atoms with Crippen LogP contribution in [0.2, 0.25) is 0 Å². The van der Waals surface area contributed by atoms with Crippen molar-refractivity contribution >= 4 is 5.91 Å². The van der Waals surface area contributed by atoms with Crippen LogP contribution in [0.15, 0.2) is 30.3 Å². The lowest BCUT2D eigenvalue weighted by atomic mass is 9.74. The molecule has 1 aliphatic carbocycles. The minimum absolute atomic E-state index is 0.0200. The van der Waals surface area contributed by atoms with E-state index < -0.39 is 0 Å². The standard InChI is InChI=1S/C15H22N2O2/c1-17(2)15(9-6-10-15)14(19)16-13(11-18)12-7-4-3-5-8-12/h3-5,7-8,13,18H,6,9-11H2,1-2H3,(H,16,19)/t13-/m1/s1. The van der Waals surface area contributed by atoms with Gasteiger partial charge >= 0.3 is 0 Å². The Balaban J connectivity index is 2.09. The number of likely N-dealkylation sites (N-methyl/N-ethyl adjacent to an activating group) is 1. The van der Waals surface area contributed by atoms with Crippen LogP contribution in [0, 0.1) is 0 Å². The molecule has 1 fully saturated rings. The molecular formula is C15H22N2O2. The summed E-state index contributed by atoms with van der Waals surface area (Å²) in [5, 5.41) is 12.5. The molecular weight excluding hydrogens is 240 g/mol. The molecule has 0 spiro atoms. The molecule has 0 bridgehead atoms. The highest BCUT2D eigenvalue weighted by Crippen LogP contribution is 2.36. The van der Waals surface area contributed by atoms with Crippen molar-refractivity contribution in [2.75, 3.05) is 20.7 Å². The van der Waals surface area contributed by atoms with Crippen LogP contribution in [0.5, 0.6) is 0 Å². The Morgan fingerprint density at radius 3 is 2.42 bits per heavy atom. The zero-order valence-electron chi connectivity index (χ0n) is 11.6. The first kappa shape index (κ1) is 14.0. The smallest absolute Gasteiger partial charge is 0.241 e. The monoisotopic (exact) mass is 262 g/mol. The number of rotatable bonds is 5. The number of benzene rings is 1. The summed E-state index contributed by atoms with van der Waals surface area (Å²) < 4.78 is 0. The van der Waals surface area contributed by atoms with Crippen LogP contribution >= 0.6 is 0 Å². The minimum atomic E-state index is -0.387. The molecule has 104 valence electrons. The van der Waals surface area contributed by atoms with E-state index in [1.807, 2.05) is 49.3 Å². The second kappa shape index (κ2) is 5.72. The lowest BCUT2D eigenvalue weighted by Gasteiger charge is -2.46. The summed E-state index contributed by atoms with van der Waals surface area (Å²) in [5.41, 5.74) is 0.550. The van der Waals surface area contributed by atoms with Gasteiger partial charge in [-0.25, -0.2) is 0 Å². The molecule has 2 rings (SSSR count). The van der Waals surface area contributed by atoms with Crippen LogP contribution in [0.1, 0.15) is 30.9 Å². The predicted molar refractivity (Wildman–Crippen MR) is 74.7 cm³/mol. The van der Waals surface area contributed by atoms with E-state index >= 15 is 0 Å². The maximum Gasteiger partial charge on any atom is 0.241 e. The maximum atomic E-state index is 12.5. The Kier molecular flexibility index (Phi) is 4.22. The van der Waals surface area contributed by atoms with Gasteiger partial charge < -0.3 is 10.4 Å². The summed E-state index contributed by atoms with van der Waals surface area (Å²) in [6.07, 6.45) is 2.86. The van der Waals surface area contributed by atoms with Crippen molar-refractivity contribution in [3.05, 3.63) is 35.9 Å². The lowest BCUT2D eigenvalue weighted by Crippen LogP contribution is -2.61. The van der Waals surface area contributed by atoms with Crippen molar-refractivity contribution < 1.29 is 9.90 Å². The van der Waals surface area contributed by atoms with Gasteiger partial charge in [0.15, 0.2) is 0 Å². The number of hydrogen-bond acceptors (Lipinski definition) is 3. The van der Waals surface area contributed by atoms with Crippen LogP contribution in [0.4, 0.5) is 0 Å². The number of carbonyl (C=O) groups excluding carboxylic acids is 1. The summed E-state index contributed by atoms with van der Waals surface area (Å²) in [5.74, 6) is 0.0200. The Morgan fingerprint density at radius 1 is 1.37 bits per heavy atom. The summed E-state index contributed by atoms with van der Waals surface area (Å²) in [6, 6.07) is 9.26. The second-order valence-electron chi connectivity index (χ2n) is 5.40. The third-order valence-electron chi connectivity index (χ3n) is 4.15. The number of nitrogens with zero attached hydrogens (tertiary/aromatic N) is 1. The number of aliphatic hydroxyl groups is 1. The normalized spacial score (nSPS) is 18.7. The molecule has 1 amide bonds. The van der Waals surface area contributed by atoms with Gasteiger partial charge in [0.2, 0.25) is 5.91 Å². The molecule has 0 heterocycles. The molecule has 1 saturated carbocycles. The van der Waals surface area contributed by atoms with E-state index in [1.54, 1.807) is 0 Å².